The molecule has 0 bridgehead atoms. The number of benzene rings is 2. The van der Waals surface area contributed by atoms with Crippen LogP contribution in [0.3, 0.4) is 0 Å². The van der Waals surface area contributed by atoms with E-state index >= 15 is 0 Å². The lowest BCUT2D eigenvalue weighted by atomic mass is 10.2. The largest absolute Gasteiger partial charge is 0.341 e. The third-order valence-corrected chi connectivity index (χ3v) is 5.13. The Bertz CT molecular complexity index is 902. The Morgan fingerprint density at radius 2 is 2.00 bits per heavy atom. The van der Waals surface area contributed by atoms with Gasteiger partial charge in [-0.05, 0) is 36.8 Å². The summed E-state index contributed by atoms with van der Waals surface area (Å²) in [5.74, 6) is 0.558. The van der Waals surface area contributed by atoms with Crippen LogP contribution in [0.25, 0.3) is 11.0 Å². The maximum absolute atomic E-state index is 12.3. The van der Waals surface area contributed by atoms with Gasteiger partial charge < -0.3 is 4.98 Å². The summed E-state index contributed by atoms with van der Waals surface area (Å²) in [7, 11) is -3.63. The number of halogens is 1. The predicted molar refractivity (Wildman–Crippen MR) is 86.3 cm³/mol. The van der Waals surface area contributed by atoms with E-state index in [9.17, 15) is 8.42 Å². The van der Waals surface area contributed by atoms with Gasteiger partial charge in [0.1, 0.15) is 5.82 Å². The van der Waals surface area contributed by atoms with E-state index in [0.717, 1.165) is 16.6 Å². The lowest BCUT2D eigenvalue weighted by Gasteiger charge is -2.06. The van der Waals surface area contributed by atoms with Gasteiger partial charge in [-0.1, -0.05) is 29.8 Å². The first-order chi connectivity index (χ1) is 10.5. The van der Waals surface area contributed by atoms with Gasteiger partial charge in [0.25, 0.3) is 0 Å². The number of aromatic amines is 1. The van der Waals surface area contributed by atoms with Crippen LogP contribution in [0, 0.1) is 6.92 Å². The van der Waals surface area contributed by atoms with Gasteiger partial charge in [0, 0.05) is 5.02 Å². The smallest absolute Gasteiger partial charge is 0.241 e. The Morgan fingerprint density at radius 1 is 1.23 bits per heavy atom. The van der Waals surface area contributed by atoms with Crippen molar-refractivity contribution in [3.05, 3.63) is 58.9 Å². The quantitative estimate of drug-likeness (QED) is 0.769. The summed E-state index contributed by atoms with van der Waals surface area (Å²) in [5, 5.41) is 0.423. The molecule has 0 fully saturated rings. The van der Waals surface area contributed by atoms with Crippen LogP contribution in [-0.2, 0) is 16.6 Å². The van der Waals surface area contributed by atoms with Gasteiger partial charge in [0.05, 0.1) is 22.5 Å². The summed E-state index contributed by atoms with van der Waals surface area (Å²) in [5.41, 5.74) is 2.50. The van der Waals surface area contributed by atoms with E-state index in [1.165, 1.54) is 12.1 Å². The van der Waals surface area contributed by atoms with Crippen LogP contribution in [0.5, 0.6) is 0 Å². The molecule has 0 atom stereocenters. The van der Waals surface area contributed by atoms with Crippen LogP contribution in [0.1, 0.15) is 11.4 Å². The lowest BCUT2D eigenvalue weighted by Crippen LogP contribution is -2.23. The van der Waals surface area contributed by atoms with Gasteiger partial charge in [-0.3, -0.25) is 0 Å². The Hall–Kier alpha value is -1.89. The highest BCUT2D eigenvalue weighted by Crippen LogP contribution is 2.20. The third-order valence-electron chi connectivity index (χ3n) is 3.32. The molecule has 5 nitrogen and oxygen atoms in total. The zero-order valence-electron chi connectivity index (χ0n) is 11.8. The van der Waals surface area contributed by atoms with Crippen molar-refractivity contribution in [3.8, 4) is 0 Å². The zero-order valence-corrected chi connectivity index (χ0v) is 13.4. The summed E-state index contributed by atoms with van der Waals surface area (Å²) < 4.78 is 27.1. The fraction of sp³-hybridized carbons (Fsp3) is 0.133. The van der Waals surface area contributed by atoms with Crippen molar-refractivity contribution in [2.45, 2.75) is 18.4 Å². The van der Waals surface area contributed by atoms with Crippen LogP contribution in [0.2, 0.25) is 5.02 Å². The molecule has 3 aromatic rings. The monoisotopic (exact) mass is 335 g/mol. The molecule has 114 valence electrons. The van der Waals surface area contributed by atoms with Crippen LogP contribution in [0.15, 0.2) is 47.4 Å². The number of aromatic nitrogens is 2. The van der Waals surface area contributed by atoms with Gasteiger partial charge >= 0.3 is 0 Å². The molecule has 0 aliphatic rings. The number of hydrogen-bond acceptors (Lipinski definition) is 3. The van der Waals surface area contributed by atoms with Crippen molar-refractivity contribution in [1.29, 1.82) is 0 Å². The average molecular weight is 336 g/mol. The van der Waals surface area contributed by atoms with E-state index in [4.69, 9.17) is 11.6 Å². The molecule has 0 radical (unpaired) electrons. The molecule has 0 spiro atoms. The Balaban J connectivity index is 1.80. The van der Waals surface area contributed by atoms with Gasteiger partial charge in [-0.25, -0.2) is 18.1 Å². The molecular weight excluding hydrogens is 322 g/mol. The van der Waals surface area contributed by atoms with E-state index in [1.54, 1.807) is 6.07 Å². The third kappa shape index (κ3) is 2.99. The van der Waals surface area contributed by atoms with Crippen LogP contribution < -0.4 is 4.72 Å². The SMILES string of the molecule is Cc1ccc(S(=O)(=O)NCc2nc3ccccc3[nH]2)cc1Cl. The number of nitrogens with zero attached hydrogens (tertiary/aromatic N) is 1. The predicted octanol–water partition coefficient (Wildman–Crippen LogP) is 3.00. The molecule has 1 aromatic heterocycles. The number of para-hydroxylation sites is 2. The highest BCUT2D eigenvalue weighted by Gasteiger charge is 2.15. The van der Waals surface area contributed by atoms with Crippen LogP contribution in [-0.4, -0.2) is 18.4 Å². The molecule has 3 rings (SSSR count). The summed E-state index contributed by atoms with van der Waals surface area (Å²) >= 11 is 5.98. The van der Waals surface area contributed by atoms with Gasteiger partial charge in [-0.2, -0.15) is 0 Å². The number of sulfonamides is 1. The normalized spacial score (nSPS) is 11.9. The average Bonchev–Trinajstić information content (AvgIpc) is 2.91. The zero-order chi connectivity index (χ0) is 15.7. The van der Waals surface area contributed by atoms with Crippen molar-refractivity contribution in [2.24, 2.45) is 0 Å². The first-order valence-corrected chi connectivity index (χ1v) is 8.51. The highest BCUT2D eigenvalue weighted by atomic mass is 35.5. The molecule has 0 unspecified atom stereocenters. The Morgan fingerprint density at radius 3 is 2.73 bits per heavy atom. The molecule has 7 heteroatoms. The maximum Gasteiger partial charge on any atom is 0.241 e. The van der Waals surface area contributed by atoms with E-state index in [2.05, 4.69) is 14.7 Å². The first-order valence-electron chi connectivity index (χ1n) is 6.65. The summed E-state index contributed by atoms with van der Waals surface area (Å²) in [6.07, 6.45) is 0. The molecule has 0 aliphatic carbocycles. The molecule has 0 saturated carbocycles. The molecular formula is C15H14ClN3O2S. The summed E-state index contributed by atoms with van der Waals surface area (Å²) in [4.78, 5) is 7.55. The molecule has 22 heavy (non-hydrogen) atoms. The first kappa shape index (κ1) is 15.0. The molecule has 1 heterocycles. The molecule has 0 saturated heterocycles. The number of H-pyrrole nitrogens is 1. The number of imidazole rings is 1. The minimum Gasteiger partial charge on any atom is -0.341 e. The topological polar surface area (TPSA) is 74.8 Å². The van der Waals surface area contributed by atoms with Crippen molar-refractivity contribution in [2.75, 3.05) is 0 Å². The van der Waals surface area contributed by atoms with Gasteiger partial charge in [-0.15, -0.1) is 0 Å². The standard InChI is InChI=1S/C15H14ClN3O2S/c1-10-6-7-11(8-12(10)16)22(20,21)17-9-15-18-13-4-2-3-5-14(13)19-15/h2-8,17H,9H2,1H3,(H,18,19). The summed E-state index contributed by atoms with van der Waals surface area (Å²) in [6, 6.07) is 12.2. The molecule has 0 aliphatic heterocycles. The highest BCUT2D eigenvalue weighted by molar-refractivity contribution is 7.89. The van der Waals surface area contributed by atoms with E-state index in [0.29, 0.717) is 10.8 Å². The molecule has 2 aromatic carbocycles. The van der Waals surface area contributed by atoms with Crippen LogP contribution in [0.4, 0.5) is 0 Å². The molecule has 2 N–H and O–H groups in total. The minimum absolute atomic E-state index is 0.0858. The maximum atomic E-state index is 12.3. The fourth-order valence-electron chi connectivity index (χ4n) is 2.08. The van der Waals surface area contributed by atoms with Crippen molar-refractivity contribution >= 4 is 32.7 Å². The van der Waals surface area contributed by atoms with Gasteiger partial charge in [0.2, 0.25) is 10.0 Å². The number of rotatable bonds is 4. The van der Waals surface area contributed by atoms with E-state index in [-0.39, 0.29) is 11.4 Å². The van der Waals surface area contributed by atoms with E-state index in [1.807, 2.05) is 31.2 Å². The number of nitrogens with one attached hydrogen (secondary N) is 2. The Kier molecular flexibility index (Phi) is 3.90. The van der Waals surface area contributed by atoms with E-state index < -0.39 is 10.0 Å². The second-order valence-corrected chi connectivity index (χ2v) is 7.11. The van der Waals surface area contributed by atoms with Crippen molar-refractivity contribution < 1.29 is 8.42 Å². The Labute approximate surface area is 133 Å². The number of aryl methyl sites for hydroxylation is 1. The second-order valence-electron chi connectivity index (χ2n) is 4.94. The fourth-order valence-corrected chi connectivity index (χ4v) is 3.34. The lowest BCUT2D eigenvalue weighted by molar-refractivity contribution is 0.579. The van der Waals surface area contributed by atoms with Crippen LogP contribution >= 0.6 is 11.6 Å². The number of fused-ring (bicyclic) bond motifs is 1. The van der Waals surface area contributed by atoms with Crippen molar-refractivity contribution in [1.82, 2.24) is 14.7 Å². The van der Waals surface area contributed by atoms with Crippen molar-refractivity contribution in [3.63, 3.8) is 0 Å². The molecule has 0 amide bonds. The summed E-state index contributed by atoms with van der Waals surface area (Å²) in [6.45, 7) is 1.91. The van der Waals surface area contributed by atoms with Gasteiger partial charge in [0.15, 0.2) is 0 Å². The number of hydrogen-bond donors (Lipinski definition) is 2. The second kappa shape index (κ2) is 5.72. The minimum atomic E-state index is -3.63.